The van der Waals surface area contributed by atoms with Gasteiger partial charge in [-0.2, -0.15) is 0 Å². The van der Waals surface area contributed by atoms with Crippen LogP contribution in [0.1, 0.15) is 32.4 Å². The lowest BCUT2D eigenvalue weighted by Crippen LogP contribution is -2.34. The van der Waals surface area contributed by atoms with Crippen LogP contribution in [0.5, 0.6) is 0 Å². The van der Waals surface area contributed by atoms with E-state index in [0.29, 0.717) is 18.0 Å². The van der Waals surface area contributed by atoms with Gasteiger partial charge in [0.2, 0.25) is 0 Å². The van der Waals surface area contributed by atoms with Crippen molar-refractivity contribution >= 4 is 5.82 Å². The van der Waals surface area contributed by atoms with Gasteiger partial charge in [0.05, 0.1) is 0 Å². The molecule has 1 fully saturated rings. The maximum atomic E-state index is 4.57. The Balaban J connectivity index is 2.12. The lowest BCUT2D eigenvalue weighted by atomic mass is 10.1. The van der Waals surface area contributed by atoms with Crippen molar-refractivity contribution in [3.8, 4) is 0 Å². The highest BCUT2D eigenvalue weighted by atomic mass is 15.3. The summed E-state index contributed by atoms with van der Waals surface area (Å²) in [6, 6.07) is 5.34. The van der Waals surface area contributed by atoms with Gasteiger partial charge in [-0.25, -0.2) is 4.98 Å². The van der Waals surface area contributed by atoms with Crippen molar-refractivity contribution < 1.29 is 0 Å². The summed E-state index contributed by atoms with van der Waals surface area (Å²) in [4.78, 5) is 9.32. The number of pyridine rings is 1. The van der Waals surface area contributed by atoms with Crippen molar-refractivity contribution in [3.63, 3.8) is 0 Å². The van der Waals surface area contributed by atoms with E-state index >= 15 is 0 Å². The second kappa shape index (κ2) is 6.55. The van der Waals surface area contributed by atoms with E-state index in [1.807, 2.05) is 6.20 Å². The van der Waals surface area contributed by atoms with Gasteiger partial charge >= 0.3 is 0 Å². The van der Waals surface area contributed by atoms with Crippen LogP contribution < -0.4 is 10.2 Å². The average Bonchev–Trinajstić information content (AvgIpc) is 2.81. The summed E-state index contributed by atoms with van der Waals surface area (Å²) in [5.41, 5.74) is 1.32. The summed E-state index contributed by atoms with van der Waals surface area (Å²) in [6.45, 7) is 9.83. The molecular weight excluding hydrogens is 248 g/mol. The average molecular weight is 276 g/mol. The quantitative estimate of drug-likeness (QED) is 0.893. The number of nitrogens with one attached hydrogen (secondary N) is 1. The lowest BCUT2D eigenvalue weighted by Gasteiger charge is -2.23. The Morgan fingerprint density at radius 1 is 1.45 bits per heavy atom. The minimum Gasteiger partial charge on any atom is -0.355 e. The van der Waals surface area contributed by atoms with E-state index in [4.69, 9.17) is 0 Å². The molecule has 1 saturated heterocycles. The van der Waals surface area contributed by atoms with Gasteiger partial charge in [0, 0.05) is 31.4 Å². The third-order valence-electron chi connectivity index (χ3n) is 4.34. The van der Waals surface area contributed by atoms with Crippen molar-refractivity contribution in [2.24, 2.45) is 5.92 Å². The van der Waals surface area contributed by atoms with E-state index < -0.39 is 0 Å². The Morgan fingerprint density at radius 2 is 2.20 bits per heavy atom. The molecule has 0 radical (unpaired) electrons. The predicted octanol–water partition coefficient (Wildman–Crippen LogP) is 2.14. The highest BCUT2D eigenvalue weighted by Crippen LogP contribution is 2.26. The Kier molecular flexibility index (Phi) is 5.00. The van der Waals surface area contributed by atoms with E-state index in [-0.39, 0.29) is 0 Å². The van der Waals surface area contributed by atoms with Gasteiger partial charge < -0.3 is 15.1 Å². The van der Waals surface area contributed by atoms with E-state index in [9.17, 15) is 0 Å². The number of anilines is 1. The first kappa shape index (κ1) is 15.3. The maximum absolute atomic E-state index is 4.57. The molecule has 20 heavy (non-hydrogen) atoms. The summed E-state index contributed by atoms with van der Waals surface area (Å²) in [5.74, 6) is 1.80. The number of hydrogen-bond acceptors (Lipinski definition) is 4. The van der Waals surface area contributed by atoms with Crippen molar-refractivity contribution in [3.05, 3.63) is 23.9 Å². The SMILES string of the molecule is CCNC(C)c1ccnc(N2CC(C)C(N(C)C)C2)c1. The second-order valence-electron chi connectivity index (χ2n) is 6.14. The molecule has 0 aliphatic carbocycles. The zero-order valence-electron chi connectivity index (χ0n) is 13.4. The van der Waals surface area contributed by atoms with Crippen LogP contribution in [0.25, 0.3) is 0 Å². The smallest absolute Gasteiger partial charge is 0.128 e. The first-order valence-corrected chi connectivity index (χ1v) is 7.63. The van der Waals surface area contributed by atoms with Crippen molar-refractivity contribution in [2.75, 3.05) is 38.6 Å². The minimum atomic E-state index is 0.381. The fourth-order valence-electron chi connectivity index (χ4n) is 3.11. The Hall–Kier alpha value is -1.13. The molecule has 2 heterocycles. The molecule has 1 aromatic rings. The molecule has 0 spiro atoms. The van der Waals surface area contributed by atoms with Crippen LogP contribution in [0.15, 0.2) is 18.3 Å². The van der Waals surface area contributed by atoms with Crippen molar-refractivity contribution in [2.45, 2.75) is 32.9 Å². The van der Waals surface area contributed by atoms with Gasteiger partial charge in [-0.15, -0.1) is 0 Å². The molecule has 2 rings (SSSR count). The summed E-state index contributed by atoms with van der Waals surface area (Å²) in [5, 5.41) is 3.46. The molecule has 0 aromatic carbocycles. The Morgan fingerprint density at radius 3 is 2.80 bits per heavy atom. The zero-order chi connectivity index (χ0) is 14.7. The molecule has 0 saturated carbocycles. The number of likely N-dealkylation sites (N-methyl/N-ethyl adjacent to an activating group) is 1. The van der Waals surface area contributed by atoms with Crippen LogP contribution in [-0.2, 0) is 0 Å². The molecule has 4 heteroatoms. The van der Waals surface area contributed by atoms with Crippen LogP contribution in [0, 0.1) is 5.92 Å². The van der Waals surface area contributed by atoms with E-state index in [2.05, 4.69) is 67.1 Å². The first-order valence-electron chi connectivity index (χ1n) is 7.63. The third kappa shape index (κ3) is 3.30. The number of rotatable bonds is 5. The Labute approximate surface area is 123 Å². The number of aromatic nitrogens is 1. The third-order valence-corrected chi connectivity index (χ3v) is 4.34. The van der Waals surface area contributed by atoms with Crippen molar-refractivity contribution in [1.29, 1.82) is 0 Å². The normalized spacial score (nSPS) is 24.4. The molecule has 1 aliphatic rings. The van der Waals surface area contributed by atoms with Gasteiger partial charge in [0.15, 0.2) is 0 Å². The second-order valence-corrected chi connectivity index (χ2v) is 6.14. The summed E-state index contributed by atoms with van der Waals surface area (Å²) < 4.78 is 0. The largest absolute Gasteiger partial charge is 0.355 e. The highest BCUT2D eigenvalue weighted by Gasteiger charge is 2.31. The van der Waals surface area contributed by atoms with Crippen LogP contribution in [0.2, 0.25) is 0 Å². The predicted molar refractivity (Wildman–Crippen MR) is 85.2 cm³/mol. The molecule has 0 amide bonds. The standard InChI is InChI=1S/C16H28N4/c1-6-17-13(3)14-7-8-18-16(9-14)20-10-12(2)15(11-20)19(4)5/h7-9,12-13,15,17H,6,10-11H2,1-5H3. The molecule has 0 bridgehead atoms. The van der Waals surface area contributed by atoms with E-state index in [0.717, 1.165) is 25.5 Å². The monoisotopic (exact) mass is 276 g/mol. The van der Waals surface area contributed by atoms with Crippen molar-refractivity contribution in [1.82, 2.24) is 15.2 Å². The molecule has 3 unspecified atom stereocenters. The fraction of sp³-hybridized carbons (Fsp3) is 0.688. The molecular formula is C16H28N4. The summed E-state index contributed by atoms with van der Waals surface area (Å²) in [6.07, 6.45) is 1.94. The molecule has 3 atom stereocenters. The summed E-state index contributed by atoms with van der Waals surface area (Å²) >= 11 is 0. The van der Waals surface area contributed by atoms with Gasteiger partial charge in [0.25, 0.3) is 0 Å². The molecule has 4 nitrogen and oxygen atoms in total. The molecule has 112 valence electrons. The maximum Gasteiger partial charge on any atom is 0.128 e. The number of hydrogen-bond donors (Lipinski definition) is 1. The van der Waals surface area contributed by atoms with Crippen LogP contribution >= 0.6 is 0 Å². The fourth-order valence-corrected chi connectivity index (χ4v) is 3.11. The summed E-state index contributed by atoms with van der Waals surface area (Å²) in [7, 11) is 4.34. The minimum absolute atomic E-state index is 0.381. The lowest BCUT2D eigenvalue weighted by molar-refractivity contribution is 0.266. The zero-order valence-corrected chi connectivity index (χ0v) is 13.4. The van der Waals surface area contributed by atoms with E-state index in [1.165, 1.54) is 5.56 Å². The van der Waals surface area contributed by atoms with Gasteiger partial charge in [-0.05, 0) is 51.2 Å². The molecule has 1 aromatic heterocycles. The highest BCUT2D eigenvalue weighted by molar-refractivity contribution is 5.43. The van der Waals surface area contributed by atoms with Gasteiger partial charge in [-0.3, -0.25) is 0 Å². The molecule has 1 N–H and O–H groups in total. The van der Waals surface area contributed by atoms with Crippen LogP contribution in [0.4, 0.5) is 5.82 Å². The first-order chi connectivity index (χ1) is 9.52. The van der Waals surface area contributed by atoms with Crippen LogP contribution in [0.3, 0.4) is 0 Å². The topological polar surface area (TPSA) is 31.4 Å². The van der Waals surface area contributed by atoms with Gasteiger partial charge in [-0.1, -0.05) is 13.8 Å². The van der Waals surface area contributed by atoms with Gasteiger partial charge in [0.1, 0.15) is 5.82 Å². The Bertz CT molecular complexity index is 432. The van der Waals surface area contributed by atoms with Crippen LogP contribution in [-0.4, -0.2) is 49.7 Å². The van der Waals surface area contributed by atoms with E-state index in [1.54, 1.807) is 0 Å². The number of nitrogens with zero attached hydrogens (tertiary/aromatic N) is 3. The molecule has 1 aliphatic heterocycles.